The highest BCUT2D eigenvalue weighted by molar-refractivity contribution is 6.14. The number of amidine groups is 1. The van der Waals surface area contributed by atoms with Crippen LogP contribution in [0.4, 0.5) is 5.95 Å². The first-order valence-corrected chi connectivity index (χ1v) is 9.67. The monoisotopic (exact) mass is 404 g/mol. The number of nitrogens with one attached hydrogen (secondary N) is 1. The molecule has 9 nitrogen and oxygen atoms in total. The third kappa shape index (κ3) is 2.95. The summed E-state index contributed by atoms with van der Waals surface area (Å²) in [4.78, 5) is 32.0. The van der Waals surface area contributed by atoms with E-state index >= 15 is 0 Å². The fraction of sp³-hybridized carbons (Fsp3) is 0.238. The number of carbonyl (C=O) groups is 1. The molecule has 2 aliphatic heterocycles. The molecule has 0 saturated heterocycles. The van der Waals surface area contributed by atoms with Crippen LogP contribution in [0, 0.1) is 0 Å². The molecule has 152 valence electrons. The van der Waals surface area contributed by atoms with Gasteiger partial charge in [0.05, 0.1) is 19.3 Å². The third-order valence-electron chi connectivity index (χ3n) is 5.23. The number of fused-ring (bicyclic) bond motifs is 6. The van der Waals surface area contributed by atoms with Crippen molar-refractivity contribution in [3.8, 4) is 11.4 Å². The lowest BCUT2D eigenvalue weighted by molar-refractivity contribution is -0.122. The minimum absolute atomic E-state index is 0.155. The number of rotatable bonds is 5. The molecule has 0 fully saturated rings. The third-order valence-corrected chi connectivity index (χ3v) is 5.23. The fourth-order valence-electron chi connectivity index (χ4n) is 3.75. The number of hydrogen-bond donors (Lipinski definition) is 1. The summed E-state index contributed by atoms with van der Waals surface area (Å²) in [6.07, 6.45) is 0. The van der Waals surface area contributed by atoms with Crippen LogP contribution in [0.5, 0.6) is 5.75 Å². The van der Waals surface area contributed by atoms with Crippen LogP contribution < -0.4 is 20.6 Å². The van der Waals surface area contributed by atoms with Gasteiger partial charge in [0.25, 0.3) is 0 Å². The molecule has 1 amide bonds. The Morgan fingerprint density at radius 3 is 2.77 bits per heavy atom. The van der Waals surface area contributed by atoms with E-state index in [-0.39, 0.29) is 18.1 Å². The molecule has 2 aliphatic rings. The zero-order chi connectivity index (χ0) is 20.7. The van der Waals surface area contributed by atoms with Crippen molar-refractivity contribution in [3.63, 3.8) is 0 Å². The van der Waals surface area contributed by atoms with Gasteiger partial charge in [-0.1, -0.05) is 24.3 Å². The molecule has 0 radical (unpaired) electrons. The second-order valence-electron chi connectivity index (χ2n) is 7.07. The first-order valence-electron chi connectivity index (χ1n) is 9.67. The van der Waals surface area contributed by atoms with Crippen molar-refractivity contribution in [2.24, 2.45) is 4.99 Å². The predicted octanol–water partition coefficient (Wildman–Crippen LogP) is 0.939. The number of aliphatic imine (C=N–C) groups is 1. The minimum atomic E-state index is -0.344. The molecule has 0 unspecified atom stereocenters. The summed E-state index contributed by atoms with van der Waals surface area (Å²) >= 11 is 0. The Kier molecular flexibility index (Phi) is 4.35. The summed E-state index contributed by atoms with van der Waals surface area (Å²) in [6, 6.07) is 15.0. The predicted molar refractivity (Wildman–Crippen MR) is 111 cm³/mol. The van der Waals surface area contributed by atoms with E-state index in [1.54, 1.807) is 11.7 Å². The van der Waals surface area contributed by atoms with E-state index in [1.807, 2.05) is 53.4 Å². The van der Waals surface area contributed by atoms with Gasteiger partial charge in [-0.2, -0.15) is 0 Å². The number of nitrogens with zero attached hydrogens (tertiary/aromatic N) is 5. The van der Waals surface area contributed by atoms with Gasteiger partial charge in [-0.3, -0.25) is 14.7 Å². The lowest BCUT2D eigenvalue weighted by Crippen LogP contribution is -2.37. The van der Waals surface area contributed by atoms with E-state index in [0.717, 1.165) is 28.4 Å². The largest absolute Gasteiger partial charge is 0.497 e. The lowest BCUT2D eigenvalue weighted by Gasteiger charge is -2.26. The standard InChI is InChI=1S/C21H20N6O3/c1-30-15-8-6-14(7-9-15)12-23-18(28)13-26-21(29)27-17-5-3-2-4-16(17)19-22-10-11-25(19)20(27)24-26/h2-9H,10-13H2,1H3,(H,23,28). The molecule has 0 saturated carbocycles. The van der Waals surface area contributed by atoms with E-state index in [0.29, 0.717) is 25.6 Å². The van der Waals surface area contributed by atoms with Gasteiger partial charge in [0.1, 0.15) is 18.1 Å². The van der Waals surface area contributed by atoms with E-state index in [4.69, 9.17) is 4.74 Å². The quantitative estimate of drug-likeness (QED) is 0.683. The Morgan fingerprint density at radius 2 is 1.97 bits per heavy atom. The zero-order valence-electron chi connectivity index (χ0n) is 16.4. The van der Waals surface area contributed by atoms with Crippen LogP contribution in [-0.2, 0) is 17.9 Å². The van der Waals surface area contributed by atoms with Crippen molar-refractivity contribution >= 4 is 17.7 Å². The summed E-state index contributed by atoms with van der Waals surface area (Å²) in [6.45, 7) is 1.51. The Balaban J connectivity index is 1.38. The minimum Gasteiger partial charge on any atom is -0.497 e. The van der Waals surface area contributed by atoms with Crippen LogP contribution in [0.2, 0.25) is 0 Å². The highest BCUT2D eigenvalue weighted by Gasteiger charge is 2.34. The van der Waals surface area contributed by atoms with Crippen molar-refractivity contribution in [2.75, 3.05) is 25.1 Å². The van der Waals surface area contributed by atoms with Crippen LogP contribution in [0.25, 0.3) is 5.69 Å². The van der Waals surface area contributed by atoms with Gasteiger partial charge in [0, 0.05) is 18.7 Å². The molecule has 5 rings (SSSR count). The molecular weight excluding hydrogens is 384 g/mol. The van der Waals surface area contributed by atoms with Crippen LogP contribution in [0.15, 0.2) is 58.3 Å². The summed E-state index contributed by atoms with van der Waals surface area (Å²) in [5.41, 5.74) is 2.22. The smallest absolute Gasteiger partial charge is 0.352 e. The average molecular weight is 404 g/mol. The van der Waals surface area contributed by atoms with E-state index < -0.39 is 0 Å². The summed E-state index contributed by atoms with van der Waals surface area (Å²) in [5, 5.41) is 7.28. The van der Waals surface area contributed by atoms with E-state index in [9.17, 15) is 9.59 Å². The van der Waals surface area contributed by atoms with E-state index in [2.05, 4.69) is 15.4 Å². The molecule has 1 N–H and O–H groups in total. The molecule has 0 spiro atoms. The summed E-state index contributed by atoms with van der Waals surface area (Å²) in [7, 11) is 1.61. The van der Waals surface area contributed by atoms with Gasteiger partial charge in [0.15, 0.2) is 0 Å². The average Bonchev–Trinajstić information content (AvgIpc) is 3.38. The number of ether oxygens (including phenoxy) is 1. The molecule has 3 aromatic rings. The van der Waals surface area contributed by atoms with Crippen molar-refractivity contribution < 1.29 is 9.53 Å². The number of methoxy groups -OCH3 is 1. The Bertz CT molecular complexity index is 1210. The van der Waals surface area contributed by atoms with Crippen LogP contribution in [0.1, 0.15) is 11.1 Å². The van der Waals surface area contributed by atoms with Crippen LogP contribution >= 0.6 is 0 Å². The van der Waals surface area contributed by atoms with Gasteiger partial charge in [-0.15, -0.1) is 5.10 Å². The normalized spacial score (nSPS) is 13.9. The van der Waals surface area contributed by atoms with Crippen molar-refractivity contribution in [2.45, 2.75) is 13.1 Å². The second kappa shape index (κ2) is 7.18. The molecule has 3 heterocycles. The van der Waals surface area contributed by atoms with Crippen molar-refractivity contribution in [1.29, 1.82) is 0 Å². The molecule has 0 aliphatic carbocycles. The SMILES string of the molecule is COc1ccc(CNC(=O)Cn2nc3n(c2=O)-c2ccccc2C2=NCCN23)cc1. The first kappa shape index (κ1) is 18.2. The number of anilines is 1. The second-order valence-corrected chi connectivity index (χ2v) is 7.07. The maximum Gasteiger partial charge on any atom is 0.352 e. The van der Waals surface area contributed by atoms with Crippen molar-refractivity contribution in [1.82, 2.24) is 19.7 Å². The van der Waals surface area contributed by atoms with E-state index in [1.165, 1.54) is 4.68 Å². The molecule has 0 bridgehead atoms. The number of hydrogen-bond acceptors (Lipinski definition) is 6. The van der Waals surface area contributed by atoms with Gasteiger partial charge in [-0.05, 0) is 29.8 Å². The van der Waals surface area contributed by atoms with Crippen LogP contribution in [0.3, 0.4) is 0 Å². The number of carbonyl (C=O) groups excluding carboxylic acids is 1. The van der Waals surface area contributed by atoms with Crippen molar-refractivity contribution in [3.05, 3.63) is 70.1 Å². The number of aromatic nitrogens is 3. The highest BCUT2D eigenvalue weighted by Crippen LogP contribution is 2.29. The topological polar surface area (TPSA) is 93.8 Å². The lowest BCUT2D eigenvalue weighted by atomic mass is 10.1. The number of para-hydroxylation sites is 1. The summed E-state index contributed by atoms with van der Waals surface area (Å²) in [5.74, 6) is 1.79. The van der Waals surface area contributed by atoms with Gasteiger partial charge in [-0.25, -0.2) is 14.0 Å². The molecule has 0 atom stereocenters. The van der Waals surface area contributed by atoms with Gasteiger partial charge in [0.2, 0.25) is 11.9 Å². The van der Waals surface area contributed by atoms with Gasteiger partial charge >= 0.3 is 5.69 Å². The molecule has 2 aromatic carbocycles. The highest BCUT2D eigenvalue weighted by atomic mass is 16.5. The fourth-order valence-corrected chi connectivity index (χ4v) is 3.75. The number of amides is 1. The number of benzene rings is 2. The maximum atomic E-state index is 13.0. The van der Waals surface area contributed by atoms with Gasteiger partial charge < -0.3 is 10.1 Å². The van der Waals surface area contributed by atoms with Crippen LogP contribution in [-0.4, -0.2) is 46.3 Å². The Labute approximate surface area is 172 Å². The zero-order valence-corrected chi connectivity index (χ0v) is 16.4. The summed E-state index contributed by atoms with van der Waals surface area (Å²) < 4.78 is 7.89. The molecular formula is C21H20N6O3. The molecule has 1 aromatic heterocycles. The molecule has 30 heavy (non-hydrogen) atoms. The molecule has 9 heteroatoms. The Hall–Kier alpha value is -3.88. The maximum absolute atomic E-state index is 13.0. The first-order chi connectivity index (χ1) is 14.7. The Morgan fingerprint density at radius 1 is 1.17 bits per heavy atom.